The van der Waals surface area contributed by atoms with E-state index in [0.717, 1.165) is 42.1 Å². The van der Waals surface area contributed by atoms with Gasteiger partial charge in [0.25, 0.3) is 5.91 Å². The molecule has 0 spiro atoms. The second-order valence-electron chi connectivity index (χ2n) is 11.9. The number of quaternary nitrogens is 1. The maximum absolute atomic E-state index is 12.7. The summed E-state index contributed by atoms with van der Waals surface area (Å²) in [5.41, 5.74) is 0.915. The van der Waals surface area contributed by atoms with Crippen molar-refractivity contribution in [3.05, 3.63) is 0 Å². The van der Waals surface area contributed by atoms with Crippen molar-refractivity contribution < 1.29 is 10.1 Å². The molecule has 0 radical (unpaired) electrons. The quantitative estimate of drug-likeness (QED) is 0.781. The van der Waals surface area contributed by atoms with Crippen LogP contribution in [0.5, 0.6) is 0 Å². The minimum absolute atomic E-state index is 0.316. The molecule has 144 valence electrons. The van der Waals surface area contributed by atoms with E-state index >= 15 is 0 Å². The van der Waals surface area contributed by atoms with Gasteiger partial charge < -0.3 is 10.6 Å². The highest BCUT2D eigenvalue weighted by atomic mass is 16.1. The summed E-state index contributed by atoms with van der Waals surface area (Å²) in [6.45, 7) is 1.66. The first-order valence-corrected chi connectivity index (χ1v) is 11.7. The molecule has 0 unspecified atom stereocenters. The predicted molar refractivity (Wildman–Crippen MR) is 101 cm³/mol. The van der Waals surface area contributed by atoms with Crippen LogP contribution in [0, 0.1) is 40.9 Å². The summed E-state index contributed by atoms with van der Waals surface area (Å²) >= 11 is 0. The third-order valence-corrected chi connectivity index (χ3v) is 9.63. The number of hydrogen-bond donors (Lipinski definition) is 2. The van der Waals surface area contributed by atoms with Gasteiger partial charge >= 0.3 is 0 Å². The molecule has 0 heterocycles. The first-order valence-electron chi connectivity index (χ1n) is 11.7. The molecule has 0 aromatic heterocycles. The van der Waals surface area contributed by atoms with Crippen LogP contribution in [-0.4, -0.2) is 24.5 Å². The Morgan fingerprint density at radius 3 is 1.62 bits per heavy atom. The largest absolute Gasteiger partial charge is 0.351 e. The van der Waals surface area contributed by atoms with E-state index in [-0.39, 0.29) is 0 Å². The molecule has 8 bridgehead atoms. The third-order valence-electron chi connectivity index (χ3n) is 9.63. The monoisotopic (exact) mass is 357 g/mol. The molecular weight excluding hydrogens is 320 g/mol. The lowest BCUT2D eigenvalue weighted by Crippen LogP contribution is -3.00. The van der Waals surface area contributed by atoms with Crippen LogP contribution < -0.4 is 10.6 Å². The van der Waals surface area contributed by atoms with E-state index < -0.39 is 0 Å². The summed E-state index contributed by atoms with van der Waals surface area (Å²) < 4.78 is 0. The Morgan fingerprint density at radius 2 is 1.15 bits per heavy atom. The molecule has 8 aliphatic rings. The van der Waals surface area contributed by atoms with Gasteiger partial charge in [0.2, 0.25) is 0 Å². The zero-order valence-electron chi connectivity index (χ0n) is 16.3. The summed E-state index contributed by atoms with van der Waals surface area (Å²) in [6.07, 6.45) is 17.3. The van der Waals surface area contributed by atoms with Crippen molar-refractivity contribution >= 4 is 5.91 Å². The van der Waals surface area contributed by atoms with Gasteiger partial charge in [-0.25, -0.2) is 0 Å². The zero-order chi connectivity index (χ0) is 17.4. The number of nitrogens with two attached hydrogens (primary N) is 1. The highest BCUT2D eigenvalue weighted by molar-refractivity contribution is 5.76. The van der Waals surface area contributed by atoms with Gasteiger partial charge in [0, 0.05) is 25.8 Å². The SMILES string of the molecule is O=C(C[NH2+]C12CC3CC(CC(C3)C1)C2)NCC12CC3CC(CC(C3)C1)C2. The Morgan fingerprint density at radius 1 is 0.731 bits per heavy atom. The van der Waals surface area contributed by atoms with Crippen LogP contribution >= 0.6 is 0 Å². The minimum Gasteiger partial charge on any atom is -0.351 e. The summed E-state index contributed by atoms with van der Waals surface area (Å²) in [6, 6.07) is 0. The summed E-state index contributed by atoms with van der Waals surface area (Å²) in [5.74, 6) is 6.20. The molecule has 3 N–H and O–H groups in total. The Balaban J connectivity index is 1.04. The van der Waals surface area contributed by atoms with E-state index in [1.807, 2.05) is 0 Å². The molecular formula is C23H37N2O+. The van der Waals surface area contributed by atoms with E-state index in [1.165, 1.54) is 77.0 Å². The lowest BCUT2D eigenvalue weighted by atomic mass is 9.49. The number of hydrogen-bond acceptors (Lipinski definition) is 1. The Kier molecular flexibility index (Phi) is 3.60. The molecule has 0 atom stereocenters. The van der Waals surface area contributed by atoms with E-state index in [1.54, 1.807) is 0 Å². The van der Waals surface area contributed by atoms with E-state index in [0.29, 0.717) is 23.4 Å². The van der Waals surface area contributed by atoms with Crippen LogP contribution in [0.2, 0.25) is 0 Å². The van der Waals surface area contributed by atoms with Gasteiger partial charge in [-0.2, -0.15) is 0 Å². The van der Waals surface area contributed by atoms with Crippen LogP contribution in [0.4, 0.5) is 0 Å². The fourth-order valence-electron chi connectivity index (χ4n) is 9.60. The smallest absolute Gasteiger partial charge is 0.275 e. The first kappa shape index (κ1) is 16.4. The predicted octanol–water partition coefficient (Wildman–Crippen LogP) is 2.85. The Labute approximate surface area is 158 Å². The number of amides is 1. The molecule has 1 amide bonds. The maximum atomic E-state index is 12.7. The minimum atomic E-state index is 0.316. The Bertz CT molecular complexity index is 476. The van der Waals surface area contributed by atoms with Crippen molar-refractivity contribution in [1.29, 1.82) is 0 Å². The topological polar surface area (TPSA) is 45.7 Å². The molecule has 8 fully saturated rings. The number of rotatable bonds is 5. The average molecular weight is 358 g/mol. The normalized spacial score (nSPS) is 53.2. The van der Waals surface area contributed by atoms with Crippen molar-refractivity contribution in [1.82, 2.24) is 5.32 Å². The number of carbonyl (C=O) groups is 1. The van der Waals surface area contributed by atoms with Crippen molar-refractivity contribution in [3.63, 3.8) is 0 Å². The van der Waals surface area contributed by atoms with Gasteiger partial charge in [0.1, 0.15) is 0 Å². The molecule has 3 heteroatoms. The maximum Gasteiger partial charge on any atom is 0.275 e. The second kappa shape index (κ2) is 5.72. The van der Waals surface area contributed by atoms with E-state index in [2.05, 4.69) is 10.6 Å². The fraction of sp³-hybridized carbons (Fsp3) is 0.957. The summed E-state index contributed by atoms with van der Waals surface area (Å²) in [4.78, 5) is 12.7. The van der Waals surface area contributed by atoms with Gasteiger partial charge in [-0.3, -0.25) is 4.79 Å². The summed E-state index contributed by atoms with van der Waals surface area (Å²) in [7, 11) is 0. The molecule has 0 saturated heterocycles. The van der Waals surface area contributed by atoms with Crippen molar-refractivity contribution in [2.45, 2.75) is 82.6 Å². The number of carbonyl (C=O) groups excluding carboxylic acids is 1. The molecule has 3 nitrogen and oxygen atoms in total. The molecule has 8 saturated carbocycles. The lowest BCUT2D eigenvalue weighted by Gasteiger charge is -2.57. The fourth-order valence-corrected chi connectivity index (χ4v) is 9.60. The van der Waals surface area contributed by atoms with E-state index in [4.69, 9.17) is 0 Å². The van der Waals surface area contributed by atoms with Gasteiger partial charge in [0.05, 0.1) is 5.54 Å². The van der Waals surface area contributed by atoms with Gasteiger partial charge in [0.15, 0.2) is 6.54 Å². The van der Waals surface area contributed by atoms with E-state index in [9.17, 15) is 4.79 Å². The van der Waals surface area contributed by atoms with Crippen LogP contribution in [0.15, 0.2) is 0 Å². The van der Waals surface area contributed by atoms with Crippen molar-refractivity contribution in [2.75, 3.05) is 13.1 Å². The molecule has 8 rings (SSSR count). The molecule has 26 heavy (non-hydrogen) atoms. The van der Waals surface area contributed by atoms with Crippen molar-refractivity contribution in [2.24, 2.45) is 40.9 Å². The van der Waals surface area contributed by atoms with Crippen molar-refractivity contribution in [3.8, 4) is 0 Å². The highest BCUT2D eigenvalue weighted by Crippen LogP contribution is 2.59. The van der Waals surface area contributed by atoms with Gasteiger partial charge in [-0.05, 0) is 98.7 Å². The lowest BCUT2D eigenvalue weighted by molar-refractivity contribution is -0.730. The molecule has 0 aliphatic heterocycles. The third kappa shape index (κ3) is 2.75. The summed E-state index contributed by atoms with van der Waals surface area (Å²) in [5, 5.41) is 5.88. The van der Waals surface area contributed by atoms with Gasteiger partial charge in [-0.1, -0.05) is 0 Å². The Hall–Kier alpha value is -0.570. The zero-order valence-corrected chi connectivity index (χ0v) is 16.3. The van der Waals surface area contributed by atoms with Crippen LogP contribution in [0.3, 0.4) is 0 Å². The molecule has 8 aliphatic carbocycles. The van der Waals surface area contributed by atoms with Crippen LogP contribution in [0.1, 0.15) is 77.0 Å². The number of nitrogens with one attached hydrogen (secondary N) is 1. The standard InChI is InChI=1S/C23H36N2O/c26-21(13-25-23-10-18-4-19(11-23)6-20(5-18)12-23)24-14-22-7-15-1-16(8-22)3-17(2-15)9-22/h15-20,25H,1-14H2,(H,24,26)/p+1. The van der Waals surface area contributed by atoms with Gasteiger partial charge in [-0.15, -0.1) is 0 Å². The molecule has 0 aromatic rings. The van der Waals surface area contributed by atoms with Crippen LogP contribution in [-0.2, 0) is 4.79 Å². The first-order chi connectivity index (χ1) is 12.6. The second-order valence-corrected chi connectivity index (χ2v) is 11.9. The average Bonchev–Trinajstić information content (AvgIpc) is 2.56. The molecule has 0 aromatic carbocycles. The van der Waals surface area contributed by atoms with Crippen LogP contribution in [0.25, 0.3) is 0 Å². The highest BCUT2D eigenvalue weighted by Gasteiger charge is 2.54.